The predicted molar refractivity (Wildman–Crippen MR) is 59.4 cm³/mol. The highest BCUT2D eigenvalue weighted by Crippen LogP contribution is 2.13. The van der Waals surface area contributed by atoms with Crippen LogP contribution in [0.3, 0.4) is 0 Å². The van der Waals surface area contributed by atoms with Crippen molar-refractivity contribution < 1.29 is 19.4 Å². The largest absolute Gasteiger partial charge is 0.491 e. The molecular formula is C12H16O4. The number of esters is 1. The number of hydrogen-bond donors (Lipinski definition) is 1. The summed E-state index contributed by atoms with van der Waals surface area (Å²) in [6.45, 7) is 0.297. The Balaban J connectivity index is 2.41. The molecule has 0 spiro atoms. The molecule has 0 aromatic heterocycles. The summed E-state index contributed by atoms with van der Waals surface area (Å²) in [5, 5.41) is 8.58. The first-order valence-corrected chi connectivity index (χ1v) is 5.15. The number of benzene rings is 1. The molecule has 0 aliphatic carbocycles. The molecule has 4 heteroatoms. The summed E-state index contributed by atoms with van der Waals surface area (Å²) >= 11 is 0. The molecule has 0 saturated carbocycles. The molecule has 0 bridgehead atoms. The van der Waals surface area contributed by atoms with Gasteiger partial charge in [-0.15, -0.1) is 0 Å². The monoisotopic (exact) mass is 224 g/mol. The number of aliphatic hydroxyl groups excluding tert-OH is 1. The van der Waals surface area contributed by atoms with Crippen molar-refractivity contribution in [3.63, 3.8) is 0 Å². The van der Waals surface area contributed by atoms with Gasteiger partial charge in [-0.1, -0.05) is 12.1 Å². The van der Waals surface area contributed by atoms with Crippen molar-refractivity contribution in [3.8, 4) is 5.75 Å². The number of ether oxygens (including phenoxy) is 2. The van der Waals surface area contributed by atoms with Gasteiger partial charge in [-0.3, -0.25) is 4.79 Å². The Hall–Kier alpha value is -1.55. The Kier molecular flexibility index (Phi) is 5.36. The molecule has 0 radical (unpaired) electrons. The number of rotatable bonds is 6. The maximum atomic E-state index is 10.9. The third kappa shape index (κ3) is 4.31. The van der Waals surface area contributed by atoms with Gasteiger partial charge in [-0.25, -0.2) is 0 Å². The number of methoxy groups -OCH3 is 1. The van der Waals surface area contributed by atoms with Gasteiger partial charge in [0.15, 0.2) is 0 Å². The van der Waals surface area contributed by atoms with E-state index in [4.69, 9.17) is 9.84 Å². The van der Waals surface area contributed by atoms with Crippen LogP contribution < -0.4 is 4.74 Å². The number of carbonyl (C=O) groups excluding carboxylic acids is 1. The first kappa shape index (κ1) is 12.5. The van der Waals surface area contributed by atoms with Crippen molar-refractivity contribution >= 4 is 5.97 Å². The molecule has 0 aliphatic heterocycles. The van der Waals surface area contributed by atoms with Crippen LogP contribution >= 0.6 is 0 Å². The number of carbonyl (C=O) groups is 1. The SMILES string of the molecule is COC(=O)CCc1ccc(OCCO)cc1. The topological polar surface area (TPSA) is 55.8 Å². The Morgan fingerprint density at radius 1 is 1.31 bits per heavy atom. The van der Waals surface area contributed by atoms with Gasteiger partial charge in [0.2, 0.25) is 0 Å². The van der Waals surface area contributed by atoms with E-state index in [0.29, 0.717) is 19.4 Å². The van der Waals surface area contributed by atoms with Crippen molar-refractivity contribution in [2.75, 3.05) is 20.3 Å². The molecule has 0 heterocycles. The third-order valence-corrected chi connectivity index (χ3v) is 2.13. The van der Waals surface area contributed by atoms with Crippen LogP contribution in [0.15, 0.2) is 24.3 Å². The van der Waals surface area contributed by atoms with E-state index in [1.807, 2.05) is 24.3 Å². The number of aliphatic hydroxyl groups is 1. The van der Waals surface area contributed by atoms with Gasteiger partial charge in [0.05, 0.1) is 13.7 Å². The Bertz CT molecular complexity index is 318. The van der Waals surface area contributed by atoms with E-state index in [0.717, 1.165) is 11.3 Å². The summed E-state index contributed by atoms with van der Waals surface area (Å²) in [5.41, 5.74) is 1.06. The summed E-state index contributed by atoms with van der Waals surface area (Å²) in [6, 6.07) is 7.44. The lowest BCUT2D eigenvalue weighted by molar-refractivity contribution is -0.140. The van der Waals surface area contributed by atoms with Crippen LogP contribution in [0.4, 0.5) is 0 Å². The zero-order valence-corrected chi connectivity index (χ0v) is 9.31. The number of hydrogen-bond acceptors (Lipinski definition) is 4. The van der Waals surface area contributed by atoms with Crippen LogP contribution in [-0.2, 0) is 16.0 Å². The van der Waals surface area contributed by atoms with Gasteiger partial charge in [-0.05, 0) is 24.1 Å². The zero-order valence-electron chi connectivity index (χ0n) is 9.31. The fourth-order valence-corrected chi connectivity index (χ4v) is 1.26. The van der Waals surface area contributed by atoms with E-state index < -0.39 is 0 Å². The summed E-state index contributed by atoms with van der Waals surface area (Å²) < 4.78 is 9.77. The molecule has 0 fully saturated rings. The summed E-state index contributed by atoms with van der Waals surface area (Å²) in [5.74, 6) is 0.511. The minimum absolute atomic E-state index is 0.00406. The molecule has 1 aromatic carbocycles. The second-order valence-corrected chi connectivity index (χ2v) is 3.29. The molecule has 0 unspecified atom stereocenters. The highest BCUT2D eigenvalue weighted by Gasteiger charge is 2.01. The first-order chi connectivity index (χ1) is 7.76. The van der Waals surface area contributed by atoms with Crippen LogP contribution in [0.1, 0.15) is 12.0 Å². The predicted octanol–water partition coefficient (Wildman–Crippen LogP) is 1.16. The maximum Gasteiger partial charge on any atom is 0.305 e. The molecular weight excluding hydrogens is 208 g/mol. The van der Waals surface area contributed by atoms with E-state index in [9.17, 15) is 4.79 Å². The van der Waals surface area contributed by atoms with E-state index in [-0.39, 0.29) is 12.6 Å². The van der Waals surface area contributed by atoms with Gasteiger partial charge in [0.1, 0.15) is 12.4 Å². The van der Waals surface area contributed by atoms with Gasteiger partial charge in [-0.2, -0.15) is 0 Å². The minimum atomic E-state index is -0.208. The minimum Gasteiger partial charge on any atom is -0.491 e. The Morgan fingerprint density at radius 3 is 2.56 bits per heavy atom. The standard InChI is InChI=1S/C12H16O4/c1-15-12(14)7-4-10-2-5-11(6-3-10)16-9-8-13/h2-3,5-6,13H,4,7-9H2,1H3. The van der Waals surface area contributed by atoms with Crippen LogP contribution in [0.5, 0.6) is 5.75 Å². The summed E-state index contributed by atoms with van der Waals surface area (Å²) in [6.07, 6.45) is 1.04. The fraction of sp³-hybridized carbons (Fsp3) is 0.417. The second-order valence-electron chi connectivity index (χ2n) is 3.29. The quantitative estimate of drug-likeness (QED) is 0.737. The van der Waals surface area contributed by atoms with Crippen molar-refractivity contribution in [3.05, 3.63) is 29.8 Å². The summed E-state index contributed by atoms with van der Waals surface area (Å²) in [4.78, 5) is 10.9. The van der Waals surface area contributed by atoms with Crippen molar-refractivity contribution in [2.45, 2.75) is 12.8 Å². The molecule has 0 amide bonds. The molecule has 0 saturated heterocycles. The van der Waals surface area contributed by atoms with Gasteiger partial charge < -0.3 is 14.6 Å². The van der Waals surface area contributed by atoms with Crippen molar-refractivity contribution in [1.29, 1.82) is 0 Å². The molecule has 0 aliphatic rings. The van der Waals surface area contributed by atoms with Crippen LogP contribution in [0.2, 0.25) is 0 Å². The van der Waals surface area contributed by atoms with E-state index in [2.05, 4.69) is 4.74 Å². The van der Waals surface area contributed by atoms with Gasteiger partial charge in [0.25, 0.3) is 0 Å². The molecule has 1 aromatic rings. The lowest BCUT2D eigenvalue weighted by Gasteiger charge is -2.05. The summed E-state index contributed by atoms with van der Waals surface area (Å²) in [7, 11) is 1.38. The average molecular weight is 224 g/mol. The van der Waals surface area contributed by atoms with E-state index in [1.165, 1.54) is 7.11 Å². The Labute approximate surface area is 94.8 Å². The highest BCUT2D eigenvalue weighted by atomic mass is 16.5. The maximum absolute atomic E-state index is 10.9. The molecule has 16 heavy (non-hydrogen) atoms. The van der Waals surface area contributed by atoms with Gasteiger partial charge >= 0.3 is 5.97 Å². The van der Waals surface area contributed by atoms with Crippen LogP contribution in [-0.4, -0.2) is 31.4 Å². The Morgan fingerprint density at radius 2 is 2.00 bits per heavy atom. The smallest absolute Gasteiger partial charge is 0.305 e. The van der Waals surface area contributed by atoms with Crippen LogP contribution in [0.25, 0.3) is 0 Å². The fourth-order valence-electron chi connectivity index (χ4n) is 1.26. The van der Waals surface area contributed by atoms with E-state index in [1.54, 1.807) is 0 Å². The second kappa shape index (κ2) is 6.85. The molecule has 1 N–H and O–H groups in total. The average Bonchev–Trinajstić information content (AvgIpc) is 2.34. The molecule has 4 nitrogen and oxygen atoms in total. The first-order valence-electron chi connectivity index (χ1n) is 5.15. The number of aryl methyl sites for hydroxylation is 1. The zero-order chi connectivity index (χ0) is 11.8. The van der Waals surface area contributed by atoms with Gasteiger partial charge in [0, 0.05) is 6.42 Å². The lowest BCUT2D eigenvalue weighted by Crippen LogP contribution is -2.03. The lowest BCUT2D eigenvalue weighted by atomic mass is 10.1. The molecule has 1 rings (SSSR count). The van der Waals surface area contributed by atoms with Crippen molar-refractivity contribution in [2.24, 2.45) is 0 Å². The van der Waals surface area contributed by atoms with Crippen LogP contribution in [0, 0.1) is 0 Å². The normalized spacial score (nSPS) is 9.88. The molecule has 0 atom stereocenters. The van der Waals surface area contributed by atoms with Crippen molar-refractivity contribution in [1.82, 2.24) is 0 Å². The highest BCUT2D eigenvalue weighted by molar-refractivity contribution is 5.69. The van der Waals surface area contributed by atoms with E-state index >= 15 is 0 Å². The molecule has 88 valence electrons. The third-order valence-electron chi connectivity index (χ3n) is 2.13.